The van der Waals surface area contributed by atoms with Gasteiger partial charge in [-0.3, -0.25) is 9.59 Å². The summed E-state index contributed by atoms with van der Waals surface area (Å²) >= 11 is 1.34. The molecule has 1 atom stereocenters. The van der Waals surface area contributed by atoms with Gasteiger partial charge in [0.05, 0.1) is 12.0 Å². The van der Waals surface area contributed by atoms with Crippen molar-refractivity contribution < 1.29 is 31.9 Å². The van der Waals surface area contributed by atoms with Gasteiger partial charge in [-0.05, 0) is 55.5 Å². The van der Waals surface area contributed by atoms with E-state index in [1.54, 1.807) is 12.1 Å². The number of halogens is 4. The number of esters is 1. The second kappa shape index (κ2) is 9.59. The average molecular weight is 415 g/mol. The number of carbonyl (C=O) groups is 2. The Morgan fingerprint density at radius 2 is 1.68 bits per heavy atom. The molecule has 0 heterocycles. The van der Waals surface area contributed by atoms with Gasteiger partial charge in [0.25, 0.3) is 5.91 Å². The van der Waals surface area contributed by atoms with Crippen molar-refractivity contribution in [3.8, 4) is 0 Å². The Bertz CT molecular complexity index is 807. The molecule has 0 unspecified atom stereocenters. The second-order valence-corrected chi connectivity index (χ2v) is 6.92. The average Bonchev–Trinajstić information content (AvgIpc) is 2.63. The van der Waals surface area contributed by atoms with E-state index in [4.69, 9.17) is 4.74 Å². The number of ether oxygens (including phenoxy) is 1. The van der Waals surface area contributed by atoms with Crippen molar-refractivity contribution in [3.05, 3.63) is 59.9 Å². The number of amides is 1. The van der Waals surface area contributed by atoms with Gasteiger partial charge in [0.15, 0.2) is 6.10 Å². The minimum Gasteiger partial charge on any atom is -0.453 e. The minimum absolute atomic E-state index is 0.0416. The fourth-order valence-corrected chi connectivity index (χ4v) is 2.91. The molecule has 0 aliphatic heterocycles. The largest absolute Gasteiger partial charge is 0.453 e. The first-order valence-electron chi connectivity index (χ1n) is 8.21. The lowest BCUT2D eigenvalue weighted by Crippen LogP contribution is -2.30. The highest BCUT2D eigenvalue weighted by Gasteiger charge is 2.30. The Labute approximate surface area is 163 Å². The Kier molecular flexibility index (Phi) is 7.45. The zero-order chi connectivity index (χ0) is 20.7. The fourth-order valence-electron chi connectivity index (χ4n) is 2.08. The van der Waals surface area contributed by atoms with Crippen LogP contribution in [0.1, 0.15) is 18.9 Å². The molecule has 2 rings (SSSR count). The van der Waals surface area contributed by atoms with Crippen molar-refractivity contribution in [1.82, 2.24) is 0 Å². The molecule has 150 valence electrons. The molecule has 0 spiro atoms. The number of anilines is 1. The third-order valence-corrected chi connectivity index (χ3v) is 4.56. The summed E-state index contributed by atoms with van der Waals surface area (Å²) in [7, 11) is 0. The second-order valence-electron chi connectivity index (χ2n) is 5.75. The first-order valence-corrected chi connectivity index (χ1v) is 9.19. The van der Waals surface area contributed by atoms with Crippen LogP contribution in [0.4, 0.5) is 23.2 Å². The summed E-state index contributed by atoms with van der Waals surface area (Å²) in [6.45, 7) is 1.37. The number of rotatable bonds is 7. The lowest BCUT2D eigenvalue weighted by atomic mass is 10.2. The number of benzene rings is 2. The molecular weight excluding hydrogens is 398 g/mol. The summed E-state index contributed by atoms with van der Waals surface area (Å²) in [5.41, 5.74) is -0.670. The van der Waals surface area contributed by atoms with Crippen LogP contribution in [0.5, 0.6) is 0 Å². The highest BCUT2D eigenvalue weighted by atomic mass is 32.2. The Balaban J connectivity index is 1.76. The maximum atomic E-state index is 12.8. The molecule has 0 aromatic heterocycles. The molecule has 28 heavy (non-hydrogen) atoms. The number of nitrogens with one attached hydrogen (secondary N) is 1. The van der Waals surface area contributed by atoms with Gasteiger partial charge in [-0.25, -0.2) is 4.39 Å². The predicted molar refractivity (Wildman–Crippen MR) is 97.4 cm³/mol. The van der Waals surface area contributed by atoms with Crippen LogP contribution in [0.25, 0.3) is 0 Å². The summed E-state index contributed by atoms with van der Waals surface area (Å²) in [4.78, 5) is 24.6. The smallest absolute Gasteiger partial charge is 0.416 e. The normalized spacial score (nSPS) is 12.3. The van der Waals surface area contributed by atoms with Crippen molar-refractivity contribution in [2.45, 2.75) is 30.5 Å². The van der Waals surface area contributed by atoms with Crippen molar-refractivity contribution in [2.75, 3.05) is 11.1 Å². The van der Waals surface area contributed by atoms with E-state index in [0.29, 0.717) is 5.75 Å². The first kappa shape index (κ1) is 21.7. The number of carbonyl (C=O) groups excluding carboxylic acids is 2. The summed E-state index contributed by atoms with van der Waals surface area (Å²) in [5.74, 6) is -1.21. The van der Waals surface area contributed by atoms with Gasteiger partial charge in [-0.2, -0.15) is 13.2 Å². The quantitative estimate of drug-likeness (QED) is 0.397. The zero-order valence-electron chi connectivity index (χ0n) is 14.8. The molecule has 1 N–H and O–H groups in total. The first-order chi connectivity index (χ1) is 13.1. The van der Waals surface area contributed by atoms with E-state index in [2.05, 4.69) is 5.32 Å². The maximum Gasteiger partial charge on any atom is 0.416 e. The van der Waals surface area contributed by atoms with Gasteiger partial charge < -0.3 is 10.1 Å². The summed E-state index contributed by atoms with van der Waals surface area (Å²) in [5, 5.41) is 2.39. The molecule has 0 radical (unpaired) electrons. The lowest BCUT2D eigenvalue weighted by Gasteiger charge is -2.14. The van der Waals surface area contributed by atoms with E-state index in [1.165, 1.54) is 30.8 Å². The number of alkyl halides is 3. The molecule has 2 aromatic carbocycles. The summed E-state index contributed by atoms with van der Waals surface area (Å²) < 4.78 is 55.4. The van der Waals surface area contributed by atoms with Crippen molar-refractivity contribution in [1.29, 1.82) is 0 Å². The third-order valence-electron chi connectivity index (χ3n) is 3.55. The molecule has 0 bridgehead atoms. The highest BCUT2D eigenvalue weighted by molar-refractivity contribution is 7.99. The molecular formula is C19H17F4NO3S. The zero-order valence-corrected chi connectivity index (χ0v) is 15.6. The lowest BCUT2D eigenvalue weighted by molar-refractivity contribution is -0.152. The summed E-state index contributed by atoms with van der Waals surface area (Å²) in [6.07, 6.45) is -5.53. The molecule has 0 saturated heterocycles. The van der Waals surface area contributed by atoms with Gasteiger partial charge in [0, 0.05) is 16.3 Å². The van der Waals surface area contributed by atoms with E-state index in [1.807, 2.05) is 0 Å². The maximum absolute atomic E-state index is 12.8. The van der Waals surface area contributed by atoms with Crippen LogP contribution >= 0.6 is 11.8 Å². The molecule has 2 aromatic rings. The molecule has 9 heteroatoms. The van der Waals surface area contributed by atoms with Crippen LogP contribution in [0.2, 0.25) is 0 Å². The fraction of sp³-hybridized carbons (Fsp3) is 0.263. The van der Waals surface area contributed by atoms with E-state index in [-0.39, 0.29) is 17.9 Å². The van der Waals surface area contributed by atoms with Gasteiger partial charge in [-0.1, -0.05) is 0 Å². The minimum atomic E-state index is -4.46. The van der Waals surface area contributed by atoms with E-state index in [0.717, 1.165) is 29.2 Å². The van der Waals surface area contributed by atoms with Crippen molar-refractivity contribution in [2.24, 2.45) is 0 Å². The molecule has 0 aliphatic rings. The number of thioether (sulfide) groups is 1. The number of hydrogen-bond acceptors (Lipinski definition) is 4. The summed E-state index contributed by atoms with van der Waals surface area (Å²) in [6, 6.07) is 9.74. The molecule has 4 nitrogen and oxygen atoms in total. The van der Waals surface area contributed by atoms with Crippen molar-refractivity contribution >= 4 is 29.3 Å². The van der Waals surface area contributed by atoms with Crippen LogP contribution in [-0.2, 0) is 20.5 Å². The number of hydrogen-bond donors (Lipinski definition) is 1. The SMILES string of the molecule is C[C@@H](OC(=O)CCSc1ccc(F)cc1)C(=O)Nc1ccc(C(F)(F)F)cc1. The van der Waals surface area contributed by atoms with Gasteiger partial charge in [-0.15, -0.1) is 11.8 Å². The Hall–Kier alpha value is -2.55. The van der Waals surface area contributed by atoms with Gasteiger partial charge in [0.2, 0.25) is 0 Å². The van der Waals surface area contributed by atoms with Gasteiger partial charge >= 0.3 is 12.1 Å². The van der Waals surface area contributed by atoms with Gasteiger partial charge in [0.1, 0.15) is 5.82 Å². The van der Waals surface area contributed by atoms with E-state index < -0.39 is 29.7 Å². The van der Waals surface area contributed by atoms with E-state index in [9.17, 15) is 27.2 Å². The van der Waals surface area contributed by atoms with Crippen LogP contribution < -0.4 is 5.32 Å². The molecule has 0 saturated carbocycles. The highest BCUT2D eigenvalue weighted by Crippen LogP contribution is 2.29. The Morgan fingerprint density at radius 1 is 1.07 bits per heavy atom. The van der Waals surface area contributed by atoms with E-state index >= 15 is 0 Å². The predicted octanol–water partition coefficient (Wildman–Crippen LogP) is 4.90. The molecule has 0 aliphatic carbocycles. The molecule has 1 amide bonds. The monoisotopic (exact) mass is 415 g/mol. The van der Waals surface area contributed by atoms with Crippen LogP contribution in [0.15, 0.2) is 53.4 Å². The van der Waals surface area contributed by atoms with Crippen molar-refractivity contribution in [3.63, 3.8) is 0 Å². The topological polar surface area (TPSA) is 55.4 Å². The Morgan fingerprint density at radius 3 is 2.25 bits per heavy atom. The third kappa shape index (κ3) is 6.88. The van der Waals surface area contributed by atoms with Crippen LogP contribution in [-0.4, -0.2) is 23.7 Å². The standard InChI is InChI=1S/C19H17F4NO3S/c1-12(18(26)24-15-6-2-13(3-7-15)19(21,22)23)27-17(25)10-11-28-16-8-4-14(20)5-9-16/h2-9,12H,10-11H2,1H3,(H,24,26)/t12-/m1/s1. The van der Waals surface area contributed by atoms with Crippen LogP contribution in [0.3, 0.4) is 0 Å². The van der Waals surface area contributed by atoms with Crippen LogP contribution in [0, 0.1) is 5.82 Å². The molecule has 0 fully saturated rings.